The molecular formula is C12H12ClFN2O3. The average molecular weight is 287 g/mol. The second kappa shape index (κ2) is 4.61. The van der Waals surface area contributed by atoms with Crippen LogP contribution >= 0.6 is 11.6 Å². The third-order valence-electron chi connectivity index (χ3n) is 3.68. The summed E-state index contributed by atoms with van der Waals surface area (Å²) in [6.45, 7) is 0. The van der Waals surface area contributed by atoms with E-state index in [1.807, 2.05) is 0 Å². The van der Waals surface area contributed by atoms with Crippen LogP contribution in [-0.4, -0.2) is 23.2 Å². The molecule has 0 amide bonds. The number of hydrogen-bond donors (Lipinski definition) is 1. The zero-order valence-corrected chi connectivity index (χ0v) is 10.7. The lowest BCUT2D eigenvalue weighted by Crippen LogP contribution is -2.30. The predicted molar refractivity (Wildman–Crippen MR) is 68.0 cm³/mol. The van der Waals surface area contributed by atoms with Gasteiger partial charge < -0.3 is 10.1 Å². The molecule has 0 aliphatic carbocycles. The Balaban J connectivity index is 1.87. The second-order valence-electron chi connectivity index (χ2n) is 4.90. The average Bonchev–Trinajstić information content (AvgIpc) is 2.95. The Bertz CT molecular complexity index is 540. The third kappa shape index (κ3) is 2.26. The van der Waals surface area contributed by atoms with Crippen molar-refractivity contribution in [3.63, 3.8) is 0 Å². The summed E-state index contributed by atoms with van der Waals surface area (Å²) in [5.74, 6) is -0.668. The van der Waals surface area contributed by atoms with Gasteiger partial charge in [-0.05, 0) is 19.3 Å². The third-order valence-corrected chi connectivity index (χ3v) is 3.97. The number of nitro benzene ring substituents is 1. The van der Waals surface area contributed by atoms with Gasteiger partial charge in [0.25, 0.3) is 5.69 Å². The quantitative estimate of drug-likeness (QED) is 0.685. The van der Waals surface area contributed by atoms with Crippen molar-refractivity contribution < 1.29 is 14.1 Å². The van der Waals surface area contributed by atoms with Gasteiger partial charge in [-0.15, -0.1) is 0 Å². The summed E-state index contributed by atoms with van der Waals surface area (Å²) < 4.78 is 19.1. The summed E-state index contributed by atoms with van der Waals surface area (Å²) in [6, 6.07) is 2.11. The largest absolute Gasteiger partial charge is 0.374 e. The van der Waals surface area contributed by atoms with Gasteiger partial charge in [-0.25, -0.2) is 4.39 Å². The normalized spacial score (nSPS) is 28.6. The van der Waals surface area contributed by atoms with Crippen molar-refractivity contribution in [3.8, 4) is 0 Å². The molecule has 1 aromatic rings. The number of halogens is 2. The molecule has 2 fully saturated rings. The number of benzene rings is 1. The number of anilines is 1. The van der Waals surface area contributed by atoms with Gasteiger partial charge in [-0.3, -0.25) is 10.1 Å². The maximum Gasteiger partial charge on any atom is 0.294 e. The van der Waals surface area contributed by atoms with Gasteiger partial charge in [0.1, 0.15) is 11.5 Å². The van der Waals surface area contributed by atoms with Crippen LogP contribution in [0, 0.1) is 15.9 Å². The highest BCUT2D eigenvalue weighted by Gasteiger charge is 2.41. The molecule has 3 atom stereocenters. The molecule has 2 heterocycles. The minimum Gasteiger partial charge on any atom is -0.374 e. The van der Waals surface area contributed by atoms with Crippen molar-refractivity contribution in [1.29, 1.82) is 0 Å². The van der Waals surface area contributed by atoms with E-state index in [1.165, 1.54) is 0 Å². The van der Waals surface area contributed by atoms with Crippen LogP contribution in [0.3, 0.4) is 0 Å². The van der Waals surface area contributed by atoms with Crippen molar-refractivity contribution in [2.75, 3.05) is 5.32 Å². The molecule has 0 radical (unpaired) electrons. The van der Waals surface area contributed by atoms with Gasteiger partial charge in [0.2, 0.25) is 0 Å². The Labute approximate surface area is 113 Å². The van der Waals surface area contributed by atoms with E-state index in [9.17, 15) is 14.5 Å². The number of hydrogen-bond acceptors (Lipinski definition) is 4. The maximum atomic E-state index is 13.5. The fourth-order valence-corrected chi connectivity index (χ4v) is 2.95. The van der Waals surface area contributed by atoms with E-state index < -0.39 is 10.7 Å². The van der Waals surface area contributed by atoms with Crippen LogP contribution in [0.1, 0.15) is 19.3 Å². The molecule has 0 spiro atoms. The number of nitrogens with zero attached hydrogens (tertiary/aromatic N) is 1. The SMILES string of the molecule is O=[N+]([O-])c1cc(Cl)c(F)cc1NC1CC2CCC1O2. The molecule has 0 aromatic heterocycles. The molecule has 1 N–H and O–H groups in total. The van der Waals surface area contributed by atoms with Crippen molar-refractivity contribution in [2.45, 2.75) is 37.5 Å². The number of nitrogens with one attached hydrogen (secondary N) is 1. The summed E-state index contributed by atoms with van der Waals surface area (Å²) in [6.07, 6.45) is 3.04. The Hall–Kier alpha value is -1.40. The molecule has 5 nitrogen and oxygen atoms in total. The van der Waals surface area contributed by atoms with Crippen LogP contribution < -0.4 is 5.32 Å². The summed E-state index contributed by atoms with van der Waals surface area (Å²) in [5.41, 5.74) is -0.0535. The smallest absolute Gasteiger partial charge is 0.294 e. The molecule has 19 heavy (non-hydrogen) atoms. The number of rotatable bonds is 3. The number of fused-ring (bicyclic) bond motifs is 2. The van der Waals surface area contributed by atoms with E-state index in [0.717, 1.165) is 31.4 Å². The van der Waals surface area contributed by atoms with E-state index in [0.29, 0.717) is 0 Å². The van der Waals surface area contributed by atoms with Crippen molar-refractivity contribution in [3.05, 3.63) is 33.1 Å². The summed E-state index contributed by atoms with van der Waals surface area (Å²) in [4.78, 5) is 10.4. The zero-order chi connectivity index (χ0) is 13.6. The Kier molecular flexibility index (Phi) is 3.06. The minimum atomic E-state index is -0.668. The summed E-state index contributed by atoms with van der Waals surface area (Å²) >= 11 is 5.58. The molecular weight excluding hydrogens is 275 g/mol. The first kappa shape index (κ1) is 12.6. The lowest BCUT2D eigenvalue weighted by molar-refractivity contribution is -0.384. The first-order valence-electron chi connectivity index (χ1n) is 6.10. The molecule has 1 aromatic carbocycles. The fraction of sp³-hybridized carbons (Fsp3) is 0.500. The van der Waals surface area contributed by atoms with E-state index >= 15 is 0 Å². The van der Waals surface area contributed by atoms with Crippen molar-refractivity contribution in [2.24, 2.45) is 0 Å². The monoisotopic (exact) mass is 286 g/mol. The molecule has 3 unspecified atom stereocenters. The van der Waals surface area contributed by atoms with Gasteiger partial charge >= 0.3 is 0 Å². The van der Waals surface area contributed by atoms with Gasteiger partial charge in [0, 0.05) is 12.1 Å². The van der Waals surface area contributed by atoms with E-state index in [-0.39, 0.29) is 34.6 Å². The van der Waals surface area contributed by atoms with Crippen LogP contribution in [0.15, 0.2) is 12.1 Å². The molecule has 2 aliphatic rings. The Morgan fingerprint density at radius 2 is 2.26 bits per heavy atom. The first-order valence-corrected chi connectivity index (χ1v) is 6.48. The molecule has 2 saturated heterocycles. The molecule has 7 heteroatoms. The number of ether oxygens (including phenoxy) is 1. The second-order valence-corrected chi connectivity index (χ2v) is 5.31. The molecule has 2 aliphatic heterocycles. The fourth-order valence-electron chi connectivity index (χ4n) is 2.79. The van der Waals surface area contributed by atoms with Crippen LogP contribution in [-0.2, 0) is 4.74 Å². The van der Waals surface area contributed by atoms with E-state index in [2.05, 4.69) is 5.32 Å². The van der Waals surface area contributed by atoms with Crippen LogP contribution in [0.25, 0.3) is 0 Å². The summed E-state index contributed by atoms with van der Waals surface area (Å²) in [7, 11) is 0. The van der Waals surface area contributed by atoms with Crippen LogP contribution in [0.4, 0.5) is 15.8 Å². The van der Waals surface area contributed by atoms with E-state index in [4.69, 9.17) is 16.3 Å². The maximum absolute atomic E-state index is 13.5. The Morgan fingerprint density at radius 1 is 1.47 bits per heavy atom. The zero-order valence-electron chi connectivity index (χ0n) is 9.94. The minimum absolute atomic E-state index is 0.00183. The van der Waals surface area contributed by atoms with Crippen LogP contribution in [0.2, 0.25) is 5.02 Å². The van der Waals surface area contributed by atoms with Gasteiger partial charge in [-0.1, -0.05) is 11.6 Å². The lowest BCUT2D eigenvalue weighted by Gasteiger charge is -2.21. The highest BCUT2D eigenvalue weighted by Crippen LogP contribution is 2.38. The topological polar surface area (TPSA) is 64.4 Å². The number of nitro groups is 1. The Morgan fingerprint density at radius 3 is 2.84 bits per heavy atom. The van der Waals surface area contributed by atoms with Crippen LogP contribution in [0.5, 0.6) is 0 Å². The van der Waals surface area contributed by atoms with Crippen molar-refractivity contribution in [1.82, 2.24) is 0 Å². The highest BCUT2D eigenvalue weighted by atomic mass is 35.5. The van der Waals surface area contributed by atoms with E-state index in [1.54, 1.807) is 0 Å². The van der Waals surface area contributed by atoms with Gasteiger partial charge in [0.05, 0.1) is 28.2 Å². The lowest BCUT2D eigenvalue weighted by atomic mass is 9.95. The predicted octanol–water partition coefficient (Wildman–Crippen LogP) is 3.12. The van der Waals surface area contributed by atoms with Gasteiger partial charge in [-0.2, -0.15) is 0 Å². The first-order chi connectivity index (χ1) is 9.04. The highest BCUT2D eigenvalue weighted by molar-refractivity contribution is 6.31. The van der Waals surface area contributed by atoms with Crippen molar-refractivity contribution >= 4 is 23.0 Å². The molecule has 0 saturated carbocycles. The molecule has 3 rings (SSSR count). The standard InChI is InChI=1S/C12H12ClFN2O3/c13-7-4-11(16(17)18)9(5-8(7)14)15-10-3-6-1-2-12(10)19-6/h4-6,10,12,15H,1-3H2. The summed E-state index contributed by atoms with van der Waals surface area (Å²) in [5, 5.41) is 13.7. The molecule has 102 valence electrons. The van der Waals surface area contributed by atoms with Gasteiger partial charge in [0.15, 0.2) is 0 Å². The molecule has 2 bridgehead atoms.